The molecule has 2 aromatic rings. The summed E-state index contributed by atoms with van der Waals surface area (Å²) in [6.07, 6.45) is 2.57. The summed E-state index contributed by atoms with van der Waals surface area (Å²) in [5.74, 6) is -0.487. The highest BCUT2D eigenvalue weighted by molar-refractivity contribution is 7.91. The number of hydrogen-bond acceptors (Lipinski definition) is 5. The second-order valence-corrected chi connectivity index (χ2v) is 8.79. The van der Waals surface area contributed by atoms with Crippen LogP contribution in [0.5, 0.6) is 0 Å². The van der Waals surface area contributed by atoms with Crippen LogP contribution >= 0.6 is 0 Å². The van der Waals surface area contributed by atoms with E-state index >= 15 is 0 Å². The fourth-order valence-corrected chi connectivity index (χ4v) is 4.58. The molecule has 1 aliphatic heterocycles. The summed E-state index contributed by atoms with van der Waals surface area (Å²) in [7, 11) is -3.37. The molecule has 0 aromatic heterocycles. The Kier molecular flexibility index (Phi) is 5.90. The molecule has 0 unspecified atom stereocenters. The number of imide groups is 1. The minimum atomic E-state index is -3.37. The lowest BCUT2D eigenvalue weighted by molar-refractivity contribution is 0.0651. The highest BCUT2D eigenvalue weighted by atomic mass is 32.2. The van der Waals surface area contributed by atoms with Crippen molar-refractivity contribution in [3.63, 3.8) is 0 Å². The molecule has 7 heteroatoms. The van der Waals surface area contributed by atoms with Gasteiger partial charge in [-0.3, -0.25) is 14.5 Å². The van der Waals surface area contributed by atoms with Gasteiger partial charge in [0.05, 0.1) is 33.4 Å². The number of carbonyl (C=O) groups excluding carboxylic acids is 2. The van der Waals surface area contributed by atoms with E-state index in [0.29, 0.717) is 42.5 Å². The molecule has 0 radical (unpaired) electrons. The Hall–Kier alpha value is -2.98. The van der Waals surface area contributed by atoms with E-state index < -0.39 is 9.84 Å². The smallest absolute Gasteiger partial charge is 0.261 e. The number of benzene rings is 2. The molecule has 3 rings (SSSR count). The maximum atomic E-state index is 12.3. The number of unbranched alkanes of at least 4 members (excludes halogenated alkanes) is 3. The molecule has 0 saturated carbocycles. The second-order valence-electron chi connectivity index (χ2n) is 6.68. The van der Waals surface area contributed by atoms with E-state index in [0.717, 1.165) is 6.42 Å². The van der Waals surface area contributed by atoms with E-state index in [9.17, 15) is 18.0 Å². The fraction of sp³-hybridized carbons (Fsp3) is 0.286. The van der Waals surface area contributed by atoms with Crippen LogP contribution in [0.4, 0.5) is 0 Å². The Bertz CT molecular complexity index is 1000. The molecule has 144 valence electrons. The standard InChI is InChI=1S/C21H20N2O4S/c22-15-16-9-11-17(12-10-16)28(26,27)14-6-2-1-5-13-23-20(24)18-7-3-4-8-19(18)21(23)25/h3-4,7-12H,1-2,5-6,13-14H2. The molecule has 0 N–H and O–H groups in total. The first-order chi connectivity index (χ1) is 13.4. The van der Waals surface area contributed by atoms with Crippen LogP contribution < -0.4 is 0 Å². The van der Waals surface area contributed by atoms with Crippen LogP contribution in [0.25, 0.3) is 0 Å². The Labute approximate surface area is 164 Å². The first kappa shape index (κ1) is 19.8. The molecular formula is C21H20N2O4S. The van der Waals surface area contributed by atoms with Crippen LogP contribution in [-0.4, -0.2) is 37.4 Å². The summed E-state index contributed by atoms with van der Waals surface area (Å²) in [6, 6.07) is 14.6. The summed E-state index contributed by atoms with van der Waals surface area (Å²) in [4.78, 5) is 26.0. The Morgan fingerprint density at radius 1 is 0.821 bits per heavy atom. The molecule has 0 fully saturated rings. The van der Waals surface area contributed by atoms with Crippen LogP contribution in [0.1, 0.15) is 52.0 Å². The lowest BCUT2D eigenvalue weighted by atomic mass is 10.1. The molecule has 0 saturated heterocycles. The minimum absolute atomic E-state index is 0.0336. The SMILES string of the molecule is N#Cc1ccc(S(=O)(=O)CCCCCCN2C(=O)c3ccccc3C2=O)cc1. The van der Waals surface area contributed by atoms with Crippen molar-refractivity contribution in [1.29, 1.82) is 5.26 Å². The van der Waals surface area contributed by atoms with Crippen molar-refractivity contribution in [2.75, 3.05) is 12.3 Å². The van der Waals surface area contributed by atoms with Gasteiger partial charge in [-0.1, -0.05) is 25.0 Å². The fourth-order valence-electron chi connectivity index (χ4n) is 3.21. The molecule has 0 bridgehead atoms. The Balaban J connectivity index is 1.42. The molecule has 0 atom stereocenters. The highest BCUT2D eigenvalue weighted by Gasteiger charge is 2.34. The van der Waals surface area contributed by atoms with Gasteiger partial charge in [-0.25, -0.2) is 8.42 Å². The van der Waals surface area contributed by atoms with Gasteiger partial charge in [-0.2, -0.15) is 5.26 Å². The van der Waals surface area contributed by atoms with E-state index in [1.807, 2.05) is 6.07 Å². The number of carbonyl (C=O) groups is 2. The zero-order chi connectivity index (χ0) is 20.1. The molecule has 6 nitrogen and oxygen atoms in total. The minimum Gasteiger partial charge on any atom is -0.274 e. The molecule has 0 aliphatic carbocycles. The molecule has 1 heterocycles. The maximum absolute atomic E-state index is 12.3. The van der Waals surface area contributed by atoms with Crippen molar-refractivity contribution in [3.05, 3.63) is 65.2 Å². The van der Waals surface area contributed by atoms with E-state index in [-0.39, 0.29) is 22.5 Å². The average Bonchev–Trinajstić information content (AvgIpc) is 2.95. The number of nitrogens with zero attached hydrogens (tertiary/aromatic N) is 2. The molecule has 2 aromatic carbocycles. The average molecular weight is 396 g/mol. The molecule has 1 aliphatic rings. The zero-order valence-corrected chi connectivity index (χ0v) is 16.1. The largest absolute Gasteiger partial charge is 0.274 e. The van der Waals surface area contributed by atoms with E-state index in [2.05, 4.69) is 0 Å². The van der Waals surface area contributed by atoms with Gasteiger partial charge in [0, 0.05) is 6.54 Å². The zero-order valence-electron chi connectivity index (χ0n) is 15.3. The first-order valence-electron chi connectivity index (χ1n) is 9.12. The van der Waals surface area contributed by atoms with Crippen molar-refractivity contribution < 1.29 is 18.0 Å². The number of amides is 2. The third-order valence-electron chi connectivity index (χ3n) is 4.77. The van der Waals surface area contributed by atoms with Crippen LogP contribution in [0.15, 0.2) is 53.4 Å². The lowest BCUT2D eigenvalue weighted by Gasteiger charge is -2.13. The molecule has 28 heavy (non-hydrogen) atoms. The van der Waals surface area contributed by atoms with Gasteiger partial charge in [0.1, 0.15) is 0 Å². The van der Waals surface area contributed by atoms with Crippen molar-refractivity contribution in [2.45, 2.75) is 30.6 Å². The molecule has 0 spiro atoms. The number of sulfone groups is 1. The predicted octanol–water partition coefficient (Wildman–Crippen LogP) is 3.19. The summed E-state index contributed by atoms with van der Waals surface area (Å²) >= 11 is 0. The van der Waals surface area contributed by atoms with Gasteiger partial charge in [-0.15, -0.1) is 0 Å². The van der Waals surface area contributed by atoms with Gasteiger partial charge in [0.15, 0.2) is 9.84 Å². The number of rotatable bonds is 8. The van der Waals surface area contributed by atoms with Gasteiger partial charge < -0.3 is 0 Å². The first-order valence-corrected chi connectivity index (χ1v) is 10.8. The third-order valence-corrected chi connectivity index (χ3v) is 6.58. The lowest BCUT2D eigenvalue weighted by Crippen LogP contribution is -2.30. The van der Waals surface area contributed by atoms with E-state index in [1.165, 1.54) is 29.2 Å². The van der Waals surface area contributed by atoms with Crippen LogP contribution in [0, 0.1) is 11.3 Å². The number of fused-ring (bicyclic) bond motifs is 1. The molecule has 2 amide bonds. The summed E-state index contributed by atoms with van der Waals surface area (Å²) in [5.41, 5.74) is 1.31. The summed E-state index contributed by atoms with van der Waals surface area (Å²) in [5, 5.41) is 8.77. The molecular weight excluding hydrogens is 376 g/mol. The van der Waals surface area contributed by atoms with Crippen molar-refractivity contribution in [2.24, 2.45) is 0 Å². The van der Waals surface area contributed by atoms with Gasteiger partial charge >= 0.3 is 0 Å². The Morgan fingerprint density at radius 3 is 1.96 bits per heavy atom. The Morgan fingerprint density at radius 2 is 1.39 bits per heavy atom. The third kappa shape index (κ3) is 4.12. The topological polar surface area (TPSA) is 95.3 Å². The monoisotopic (exact) mass is 396 g/mol. The maximum Gasteiger partial charge on any atom is 0.261 e. The van der Waals surface area contributed by atoms with E-state index in [4.69, 9.17) is 5.26 Å². The summed E-state index contributed by atoms with van der Waals surface area (Å²) in [6.45, 7) is 0.342. The van der Waals surface area contributed by atoms with Gasteiger partial charge in [0.25, 0.3) is 11.8 Å². The summed E-state index contributed by atoms with van der Waals surface area (Å²) < 4.78 is 24.6. The van der Waals surface area contributed by atoms with Crippen LogP contribution in [-0.2, 0) is 9.84 Å². The number of hydrogen-bond donors (Lipinski definition) is 0. The predicted molar refractivity (Wildman–Crippen MR) is 103 cm³/mol. The second kappa shape index (κ2) is 8.36. The van der Waals surface area contributed by atoms with E-state index in [1.54, 1.807) is 24.3 Å². The van der Waals surface area contributed by atoms with Crippen molar-refractivity contribution in [1.82, 2.24) is 4.90 Å². The normalized spacial score (nSPS) is 13.5. The van der Waals surface area contributed by atoms with Crippen LogP contribution in [0.2, 0.25) is 0 Å². The highest BCUT2D eigenvalue weighted by Crippen LogP contribution is 2.23. The number of nitriles is 1. The van der Waals surface area contributed by atoms with Crippen LogP contribution in [0.3, 0.4) is 0 Å². The quantitative estimate of drug-likeness (QED) is 0.504. The van der Waals surface area contributed by atoms with Crippen molar-refractivity contribution in [3.8, 4) is 6.07 Å². The van der Waals surface area contributed by atoms with Gasteiger partial charge in [-0.05, 0) is 49.2 Å². The van der Waals surface area contributed by atoms with Gasteiger partial charge in [0.2, 0.25) is 0 Å². The van der Waals surface area contributed by atoms with Crippen molar-refractivity contribution >= 4 is 21.7 Å².